The van der Waals surface area contributed by atoms with Crippen molar-refractivity contribution in [3.8, 4) is 0 Å². The number of rotatable bonds is 2. The molecule has 1 unspecified atom stereocenters. The zero-order valence-corrected chi connectivity index (χ0v) is 11.6. The molecule has 6 heteroatoms. The van der Waals surface area contributed by atoms with Crippen molar-refractivity contribution in [2.45, 2.75) is 12.3 Å². The lowest BCUT2D eigenvalue weighted by molar-refractivity contribution is -0.137. The summed E-state index contributed by atoms with van der Waals surface area (Å²) in [6.07, 6.45) is -5.24. The van der Waals surface area contributed by atoms with Crippen molar-refractivity contribution in [1.29, 1.82) is 0 Å². The van der Waals surface area contributed by atoms with Crippen LogP contribution in [0.2, 0.25) is 0 Å². The summed E-state index contributed by atoms with van der Waals surface area (Å²) in [5, 5.41) is 12.2. The van der Waals surface area contributed by atoms with E-state index in [1.54, 1.807) is 11.3 Å². The SMILES string of the molecule is OC(c1ccc(C(F)(F)F)cc1)c1cc2sccc2s1. The Morgan fingerprint density at radius 3 is 2.30 bits per heavy atom. The van der Waals surface area contributed by atoms with Crippen molar-refractivity contribution in [1.82, 2.24) is 0 Å². The van der Waals surface area contributed by atoms with E-state index in [1.807, 2.05) is 17.5 Å². The normalized spacial score (nSPS) is 13.8. The number of hydrogen-bond acceptors (Lipinski definition) is 3. The molecule has 2 heterocycles. The molecule has 0 aliphatic heterocycles. The molecule has 0 saturated carbocycles. The van der Waals surface area contributed by atoms with Gasteiger partial charge in [0.25, 0.3) is 0 Å². The van der Waals surface area contributed by atoms with E-state index in [-0.39, 0.29) is 0 Å². The molecule has 104 valence electrons. The molecule has 1 N–H and O–H groups in total. The first-order valence-corrected chi connectivity index (χ1v) is 7.47. The Kier molecular flexibility index (Phi) is 3.32. The second-order valence-electron chi connectivity index (χ2n) is 4.32. The lowest BCUT2D eigenvalue weighted by atomic mass is 10.1. The molecule has 2 aromatic heterocycles. The molecule has 0 aliphatic carbocycles. The third kappa shape index (κ3) is 2.46. The predicted molar refractivity (Wildman–Crippen MR) is 75.2 cm³/mol. The number of thiophene rings is 2. The van der Waals surface area contributed by atoms with Crippen LogP contribution in [0.3, 0.4) is 0 Å². The highest BCUT2D eigenvalue weighted by molar-refractivity contribution is 7.26. The first-order chi connectivity index (χ1) is 9.45. The van der Waals surface area contributed by atoms with E-state index in [9.17, 15) is 18.3 Å². The smallest absolute Gasteiger partial charge is 0.383 e. The van der Waals surface area contributed by atoms with Crippen molar-refractivity contribution >= 4 is 32.1 Å². The van der Waals surface area contributed by atoms with Gasteiger partial charge in [0.15, 0.2) is 0 Å². The molecule has 1 atom stereocenters. The van der Waals surface area contributed by atoms with E-state index >= 15 is 0 Å². The van der Waals surface area contributed by atoms with Gasteiger partial charge in [0.1, 0.15) is 6.10 Å². The standard InChI is InChI=1S/C14H9F3OS2/c15-14(16,17)9-3-1-8(2-4-9)13(18)12-7-11-10(20-12)5-6-19-11/h1-7,13,18H. The topological polar surface area (TPSA) is 20.2 Å². The van der Waals surface area contributed by atoms with Crippen LogP contribution in [0.15, 0.2) is 41.8 Å². The Hall–Kier alpha value is -1.37. The Labute approximate surface area is 120 Å². The van der Waals surface area contributed by atoms with Crippen LogP contribution in [0.4, 0.5) is 13.2 Å². The highest BCUT2D eigenvalue weighted by Gasteiger charge is 2.30. The van der Waals surface area contributed by atoms with E-state index < -0.39 is 17.8 Å². The summed E-state index contributed by atoms with van der Waals surface area (Å²) in [5.74, 6) is 0. The maximum absolute atomic E-state index is 12.5. The Morgan fingerprint density at radius 1 is 1.00 bits per heavy atom. The quantitative estimate of drug-likeness (QED) is 0.700. The Balaban J connectivity index is 1.90. The maximum Gasteiger partial charge on any atom is 0.416 e. The van der Waals surface area contributed by atoms with Crippen LogP contribution in [0.5, 0.6) is 0 Å². The molecule has 0 bridgehead atoms. The van der Waals surface area contributed by atoms with Crippen LogP contribution in [-0.2, 0) is 6.18 Å². The minimum atomic E-state index is -4.35. The molecule has 0 fully saturated rings. The van der Waals surface area contributed by atoms with Gasteiger partial charge < -0.3 is 5.11 Å². The summed E-state index contributed by atoms with van der Waals surface area (Å²) in [6.45, 7) is 0. The van der Waals surface area contributed by atoms with Gasteiger partial charge >= 0.3 is 6.18 Å². The summed E-state index contributed by atoms with van der Waals surface area (Å²) in [7, 11) is 0. The van der Waals surface area contributed by atoms with Crippen molar-refractivity contribution in [3.63, 3.8) is 0 Å². The molecule has 1 nitrogen and oxygen atoms in total. The van der Waals surface area contributed by atoms with Gasteiger partial charge in [-0.15, -0.1) is 22.7 Å². The fourth-order valence-electron chi connectivity index (χ4n) is 1.94. The van der Waals surface area contributed by atoms with Gasteiger partial charge in [0, 0.05) is 14.3 Å². The van der Waals surface area contributed by atoms with E-state index in [2.05, 4.69) is 0 Å². The highest BCUT2D eigenvalue weighted by atomic mass is 32.1. The van der Waals surface area contributed by atoms with Gasteiger partial charge in [-0.05, 0) is 35.2 Å². The maximum atomic E-state index is 12.5. The number of aliphatic hydroxyl groups excluding tert-OH is 1. The van der Waals surface area contributed by atoms with Crippen LogP contribution in [0, 0.1) is 0 Å². The largest absolute Gasteiger partial charge is 0.416 e. The van der Waals surface area contributed by atoms with Gasteiger partial charge in [0.2, 0.25) is 0 Å². The predicted octanol–water partition coefficient (Wildman–Crippen LogP) is 5.06. The molecule has 20 heavy (non-hydrogen) atoms. The average molecular weight is 314 g/mol. The number of aliphatic hydroxyl groups is 1. The Morgan fingerprint density at radius 2 is 1.70 bits per heavy atom. The first-order valence-electron chi connectivity index (χ1n) is 5.77. The number of hydrogen-bond donors (Lipinski definition) is 1. The van der Waals surface area contributed by atoms with Crippen LogP contribution in [0.25, 0.3) is 9.40 Å². The van der Waals surface area contributed by atoms with Crippen LogP contribution in [-0.4, -0.2) is 5.11 Å². The first kappa shape index (κ1) is 13.6. The van der Waals surface area contributed by atoms with Crippen LogP contribution in [0.1, 0.15) is 22.1 Å². The summed E-state index contributed by atoms with van der Waals surface area (Å²) in [4.78, 5) is 0.742. The minimum absolute atomic E-state index is 0.465. The van der Waals surface area contributed by atoms with E-state index in [0.717, 1.165) is 26.4 Å². The minimum Gasteiger partial charge on any atom is -0.383 e. The second kappa shape index (κ2) is 4.87. The fraction of sp³-hybridized carbons (Fsp3) is 0.143. The Bertz CT molecular complexity index is 696. The van der Waals surface area contributed by atoms with Crippen molar-refractivity contribution in [3.05, 3.63) is 57.8 Å². The van der Waals surface area contributed by atoms with Gasteiger partial charge in [-0.3, -0.25) is 0 Å². The van der Waals surface area contributed by atoms with Crippen molar-refractivity contribution < 1.29 is 18.3 Å². The number of benzene rings is 1. The third-order valence-electron chi connectivity index (χ3n) is 2.98. The molecule has 0 spiro atoms. The highest BCUT2D eigenvalue weighted by Crippen LogP contribution is 2.36. The summed E-state index contributed by atoms with van der Waals surface area (Å²) in [6, 6.07) is 8.48. The molecule has 3 rings (SSSR count). The third-order valence-corrected chi connectivity index (χ3v) is 5.13. The molecular weight excluding hydrogens is 305 g/mol. The zero-order chi connectivity index (χ0) is 14.3. The fourth-order valence-corrected chi connectivity index (χ4v) is 4.07. The molecule has 0 radical (unpaired) electrons. The molecule has 0 amide bonds. The van der Waals surface area contributed by atoms with Crippen LogP contribution < -0.4 is 0 Å². The van der Waals surface area contributed by atoms with Crippen molar-refractivity contribution in [2.24, 2.45) is 0 Å². The van der Waals surface area contributed by atoms with Gasteiger partial charge in [0.05, 0.1) is 5.56 Å². The summed E-state index contributed by atoms with van der Waals surface area (Å²) < 4.78 is 39.6. The molecule has 0 saturated heterocycles. The molecular formula is C14H9F3OS2. The van der Waals surface area contributed by atoms with E-state index in [0.29, 0.717) is 5.56 Å². The number of alkyl halides is 3. The molecule has 1 aromatic carbocycles. The van der Waals surface area contributed by atoms with Gasteiger partial charge in [-0.25, -0.2) is 0 Å². The monoisotopic (exact) mass is 314 g/mol. The van der Waals surface area contributed by atoms with Crippen molar-refractivity contribution in [2.75, 3.05) is 0 Å². The second-order valence-corrected chi connectivity index (χ2v) is 6.38. The lowest BCUT2D eigenvalue weighted by Crippen LogP contribution is -2.05. The molecule has 3 aromatic rings. The summed E-state index contributed by atoms with van der Waals surface area (Å²) >= 11 is 3.03. The van der Waals surface area contributed by atoms with Crippen LogP contribution >= 0.6 is 22.7 Å². The number of fused-ring (bicyclic) bond motifs is 1. The van der Waals surface area contributed by atoms with E-state index in [4.69, 9.17) is 0 Å². The zero-order valence-electron chi connectivity index (χ0n) is 10.0. The van der Waals surface area contributed by atoms with E-state index in [1.165, 1.54) is 23.5 Å². The van der Waals surface area contributed by atoms with Gasteiger partial charge in [-0.2, -0.15) is 13.2 Å². The van der Waals surface area contributed by atoms with Gasteiger partial charge in [-0.1, -0.05) is 12.1 Å². The average Bonchev–Trinajstić information content (AvgIpc) is 2.97. The lowest BCUT2D eigenvalue weighted by Gasteiger charge is -2.11. The number of halogens is 3. The molecule has 0 aliphatic rings. The summed E-state index contributed by atoms with van der Waals surface area (Å²) in [5.41, 5.74) is -0.243.